The van der Waals surface area contributed by atoms with Crippen molar-refractivity contribution in [2.45, 2.75) is 36.5 Å². The lowest BCUT2D eigenvalue weighted by molar-refractivity contribution is 0.332. The van der Waals surface area contributed by atoms with Crippen molar-refractivity contribution < 1.29 is 8.42 Å². The van der Waals surface area contributed by atoms with Gasteiger partial charge < -0.3 is 5.73 Å². The zero-order chi connectivity index (χ0) is 21.2. The third kappa shape index (κ3) is 3.66. The molecule has 4 rings (SSSR count). The zero-order valence-electron chi connectivity index (χ0n) is 17.5. The number of nitrogens with two attached hydrogens (primary N) is 1. The summed E-state index contributed by atoms with van der Waals surface area (Å²) in [7, 11) is -3.51. The number of benzene rings is 2. The van der Waals surface area contributed by atoms with Crippen LogP contribution in [0.5, 0.6) is 0 Å². The van der Waals surface area contributed by atoms with Crippen LogP contribution in [0, 0.1) is 12.8 Å². The van der Waals surface area contributed by atoms with Crippen LogP contribution in [0.4, 0.5) is 0 Å². The first-order valence-electron chi connectivity index (χ1n) is 10.7. The van der Waals surface area contributed by atoms with Crippen LogP contribution >= 0.6 is 0 Å². The van der Waals surface area contributed by atoms with Crippen LogP contribution in [0.25, 0.3) is 0 Å². The summed E-state index contributed by atoms with van der Waals surface area (Å²) < 4.78 is 28.2. The van der Waals surface area contributed by atoms with Gasteiger partial charge in [0.25, 0.3) is 0 Å². The van der Waals surface area contributed by atoms with Crippen molar-refractivity contribution in [2.75, 3.05) is 19.6 Å². The Bertz CT molecular complexity index is 1040. The van der Waals surface area contributed by atoms with E-state index < -0.39 is 10.0 Å². The first-order chi connectivity index (χ1) is 14.5. The Kier molecular flexibility index (Phi) is 5.96. The largest absolute Gasteiger partial charge is 0.329 e. The third-order valence-corrected chi connectivity index (χ3v) is 8.51. The molecule has 4 nitrogen and oxygen atoms in total. The highest BCUT2D eigenvalue weighted by Crippen LogP contribution is 2.45. The van der Waals surface area contributed by atoms with Gasteiger partial charge in [-0.05, 0) is 55.4 Å². The van der Waals surface area contributed by atoms with Gasteiger partial charge in [0.2, 0.25) is 10.0 Å². The van der Waals surface area contributed by atoms with Gasteiger partial charge in [-0.3, -0.25) is 0 Å². The van der Waals surface area contributed by atoms with E-state index in [4.69, 9.17) is 5.73 Å². The zero-order valence-corrected chi connectivity index (χ0v) is 18.3. The molecule has 0 amide bonds. The average molecular weight is 423 g/mol. The minimum absolute atomic E-state index is 0.124. The summed E-state index contributed by atoms with van der Waals surface area (Å²) in [5.41, 5.74) is 9.56. The molecule has 1 aliphatic carbocycles. The highest BCUT2D eigenvalue weighted by molar-refractivity contribution is 7.89. The van der Waals surface area contributed by atoms with Crippen LogP contribution in [-0.4, -0.2) is 32.4 Å². The fourth-order valence-corrected chi connectivity index (χ4v) is 6.43. The van der Waals surface area contributed by atoms with Gasteiger partial charge in [0.05, 0.1) is 4.90 Å². The number of allylic oxidation sites excluding steroid dienone is 3. The summed E-state index contributed by atoms with van der Waals surface area (Å²) in [5, 5.41) is 0. The van der Waals surface area contributed by atoms with Crippen molar-refractivity contribution >= 4 is 10.0 Å². The van der Waals surface area contributed by atoms with E-state index in [1.54, 1.807) is 16.4 Å². The van der Waals surface area contributed by atoms with Crippen molar-refractivity contribution in [3.05, 3.63) is 89.5 Å². The Morgan fingerprint density at radius 3 is 2.43 bits per heavy atom. The van der Waals surface area contributed by atoms with Crippen molar-refractivity contribution in [1.82, 2.24) is 4.31 Å². The molecule has 158 valence electrons. The first kappa shape index (κ1) is 21.0. The van der Waals surface area contributed by atoms with Gasteiger partial charge in [0, 0.05) is 25.0 Å². The molecule has 2 atom stereocenters. The second-order valence-corrected chi connectivity index (χ2v) is 10.3. The Morgan fingerprint density at radius 2 is 1.80 bits per heavy atom. The lowest BCUT2D eigenvalue weighted by Crippen LogP contribution is -2.45. The van der Waals surface area contributed by atoms with Crippen LogP contribution in [-0.2, 0) is 15.4 Å². The maximum Gasteiger partial charge on any atom is 0.243 e. The molecule has 0 saturated carbocycles. The van der Waals surface area contributed by atoms with Gasteiger partial charge >= 0.3 is 0 Å². The predicted molar refractivity (Wildman–Crippen MR) is 122 cm³/mol. The highest BCUT2D eigenvalue weighted by atomic mass is 32.2. The normalized spacial score (nSPS) is 21.9. The molecule has 2 aliphatic rings. The molecule has 0 radical (unpaired) electrons. The van der Waals surface area contributed by atoms with Gasteiger partial charge in [-0.25, -0.2) is 8.42 Å². The maximum absolute atomic E-state index is 13.3. The molecule has 30 heavy (non-hydrogen) atoms. The Balaban J connectivity index is 1.70. The Labute approximate surface area is 180 Å². The highest BCUT2D eigenvalue weighted by Gasteiger charge is 2.47. The smallest absolute Gasteiger partial charge is 0.243 e. The van der Waals surface area contributed by atoms with Crippen LogP contribution in [0.1, 0.15) is 30.4 Å². The van der Waals surface area contributed by atoms with Gasteiger partial charge in [-0.15, -0.1) is 0 Å². The predicted octanol–water partition coefficient (Wildman–Crippen LogP) is 4.18. The summed E-state index contributed by atoms with van der Waals surface area (Å²) in [4.78, 5) is 0.364. The monoisotopic (exact) mass is 422 g/mol. The van der Waals surface area contributed by atoms with E-state index in [-0.39, 0.29) is 11.3 Å². The number of aryl methyl sites for hydroxylation is 1. The lowest BCUT2D eigenvalue weighted by Gasteiger charge is -2.41. The van der Waals surface area contributed by atoms with Crippen LogP contribution in [0.15, 0.2) is 83.3 Å². The summed E-state index contributed by atoms with van der Waals surface area (Å²) in [5.74, 6) is 0.124. The second-order valence-electron chi connectivity index (χ2n) is 8.34. The molecular weight excluding hydrogens is 392 g/mol. The topological polar surface area (TPSA) is 63.4 Å². The first-order valence-corrected chi connectivity index (χ1v) is 12.1. The van der Waals surface area contributed by atoms with E-state index in [9.17, 15) is 8.42 Å². The molecule has 0 spiro atoms. The summed E-state index contributed by atoms with van der Waals surface area (Å²) in [6.07, 6.45) is 9.52. The molecule has 1 saturated heterocycles. The molecule has 2 aromatic rings. The Hall–Kier alpha value is -2.21. The molecular formula is C25H30N2O2S. The van der Waals surface area contributed by atoms with Crippen LogP contribution < -0.4 is 5.73 Å². The fourth-order valence-electron chi connectivity index (χ4n) is 4.93. The number of nitrogens with zero attached hydrogens (tertiary/aromatic N) is 1. The fraction of sp³-hybridized carbons (Fsp3) is 0.360. The van der Waals surface area contributed by atoms with E-state index in [2.05, 4.69) is 30.4 Å². The third-order valence-electron chi connectivity index (χ3n) is 6.63. The minimum Gasteiger partial charge on any atom is -0.329 e. The standard InChI is InChI=1S/C25H30N2O2S/c1-20-12-14-24(15-13-20)30(28,29)27-17-16-23(18-27)25(19-26,21-8-4-2-5-9-21)22-10-6-3-7-11-22/h2,4-6,8-15,23H,3,7,16-19,26H2,1H3/t23-,25?/m1/s1. The van der Waals surface area contributed by atoms with Crippen molar-refractivity contribution in [2.24, 2.45) is 11.7 Å². The lowest BCUT2D eigenvalue weighted by atomic mass is 9.64. The molecule has 0 bridgehead atoms. The maximum atomic E-state index is 13.3. The minimum atomic E-state index is -3.51. The van der Waals surface area contributed by atoms with Gasteiger partial charge in [0.15, 0.2) is 0 Å². The molecule has 0 aromatic heterocycles. The van der Waals surface area contributed by atoms with E-state index in [1.807, 2.05) is 37.3 Å². The van der Waals surface area contributed by atoms with Crippen LogP contribution in [0.3, 0.4) is 0 Å². The van der Waals surface area contributed by atoms with Crippen molar-refractivity contribution in [3.8, 4) is 0 Å². The van der Waals surface area contributed by atoms with Crippen molar-refractivity contribution in [1.29, 1.82) is 0 Å². The summed E-state index contributed by atoms with van der Waals surface area (Å²) >= 11 is 0. The molecule has 5 heteroatoms. The van der Waals surface area contributed by atoms with E-state index in [0.29, 0.717) is 24.5 Å². The molecule has 1 heterocycles. The van der Waals surface area contributed by atoms with Crippen molar-refractivity contribution in [3.63, 3.8) is 0 Å². The second kappa shape index (κ2) is 8.50. The van der Waals surface area contributed by atoms with Crippen LogP contribution in [0.2, 0.25) is 0 Å². The molecule has 1 fully saturated rings. The van der Waals surface area contributed by atoms with Gasteiger partial charge in [0.1, 0.15) is 0 Å². The number of hydrogen-bond acceptors (Lipinski definition) is 3. The van der Waals surface area contributed by atoms with E-state index in [0.717, 1.165) is 24.8 Å². The molecule has 2 aromatic carbocycles. The molecule has 1 aliphatic heterocycles. The Morgan fingerprint density at radius 1 is 1.07 bits per heavy atom. The number of sulfonamides is 1. The SMILES string of the molecule is Cc1ccc(S(=O)(=O)N2CC[C@@H](C(CN)(C3=CCCC=C3)c3ccccc3)C2)cc1. The summed E-state index contributed by atoms with van der Waals surface area (Å²) in [6.45, 7) is 3.42. The van der Waals surface area contributed by atoms with Gasteiger partial charge in [-0.1, -0.05) is 66.3 Å². The van der Waals surface area contributed by atoms with Gasteiger partial charge in [-0.2, -0.15) is 4.31 Å². The number of hydrogen-bond donors (Lipinski definition) is 1. The summed E-state index contributed by atoms with van der Waals surface area (Å²) in [6, 6.07) is 17.5. The molecule has 1 unspecified atom stereocenters. The van der Waals surface area contributed by atoms with E-state index in [1.165, 1.54) is 11.1 Å². The molecule has 2 N–H and O–H groups in total. The average Bonchev–Trinajstić information content (AvgIpc) is 3.28. The number of rotatable bonds is 6. The van der Waals surface area contributed by atoms with E-state index >= 15 is 0 Å². The quantitative estimate of drug-likeness (QED) is 0.760.